The van der Waals surface area contributed by atoms with Gasteiger partial charge in [-0.2, -0.15) is 24.5 Å². The van der Waals surface area contributed by atoms with E-state index in [-0.39, 0.29) is 5.91 Å². The number of anilines is 1. The van der Waals surface area contributed by atoms with Gasteiger partial charge in [0.2, 0.25) is 0 Å². The molecular weight excluding hydrogens is 453 g/mol. The van der Waals surface area contributed by atoms with Gasteiger partial charge in [0.25, 0.3) is 5.91 Å². The predicted molar refractivity (Wildman–Crippen MR) is 122 cm³/mol. The smallest absolute Gasteiger partial charge is 0.303 e. The summed E-state index contributed by atoms with van der Waals surface area (Å²) in [5.41, 5.74) is 1.82. The predicted octanol–water partition coefficient (Wildman–Crippen LogP) is 3.90. The molecule has 0 radical (unpaired) electrons. The molecule has 0 aliphatic rings. The average molecular weight is 476 g/mol. The molecule has 0 fully saturated rings. The summed E-state index contributed by atoms with van der Waals surface area (Å²) >= 11 is 13.9. The van der Waals surface area contributed by atoms with Gasteiger partial charge in [-0.1, -0.05) is 29.3 Å². The van der Waals surface area contributed by atoms with Gasteiger partial charge in [-0.15, -0.1) is 0 Å². The maximum Gasteiger partial charge on any atom is 0.303 e. The third-order valence-corrected chi connectivity index (χ3v) is 7.66. The molecule has 0 atom stereocenters. The number of hydrogen-bond acceptors (Lipinski definition) is 4. The molecule has 0 heterocycles. The largest absolute Gasteiger partial charge is 0.351 e. The third-order valence-electron chi connectivity index (χ3n) is 4.14. The van der Waals surface area contributed by atoms with E-state index in [9.17, 15) is 13.2 Å². The topological polar surface area (TPSA) is 69.7 Å². The number of carbonyl (C=O) groups is 1. The maximum absolute atomic E-state index is 12.3. The van der Waals surface area contributed by atoms with E-state index in [1.54, 1.807) is 54.2 Å². The van der Waals surface area contributed by atoms with Gasteiger partial charge in [0.05, 0.1) is 5.69 Å². The number of carbonyl (C=O) groups excluding carboxylic acids is 1. The number of benzene rings is 2. The van der Waals surface area contributed by atoms with Gasteiger partial charge < -0.3 is 5.32 Å². The zero-order valence-electron chi connectivity index (χ0n) is 16.4. The molecule has 0 unspecified atom stereocenters. The van der Waals surface area contributed by atoms with Crippen LogP contribution in [-0.4, -0.2) is 52.1 Å². The monoisotopic (exact) mass is 475 g/mol. The Morgan fingerprint density at radius 3 is 2.17 bits per heavy atom. The second-order valence-corrected chi connectivity index (χ2v) is 10.4. The fourth-order valence-electron chi connectivity index (χ4n) is 2.38. The number of halogens is 2. The summed E-state index contributed by atoms with van der Waals surface area (Å²) in [7, 11) is 0.824. The molecule has 0 aliphatic carbocycles. The Morgan fingerprint density at radius 2 is 1.62 bits per heavy atom. The van der Waals surface area contributed by atoms with E-state index in [1.165, 1.54) is 21.1 Å². The van der Waals surface area contributed by atoms with Crippen LogP contribution in [0.25, 0.3) is 0 Å². The fraction of sp³-hybridized carbons (Fsp3) is 0.316. The molecule has 1 N–H and O–H groups in total. The minimum Gasteiger partial charge on any atom is -0.351 e. The van der Waals surface area contributed by atoms with E-state index in [0.29, 0.717) is 39.3 Å². The van der Waals surface area contributed by atoms with E-state index >= 15 is 0 Å². The Balaban J connectivity index is 1.84. The summed E-state index contributed by atoms with van der Waals surface area (Å²) in [5, 5.41) is 4.11. The van der Waals surface area contributed by atoms with Crippen molar-refractivity contribution in [3.8, 4) is 0 Å². The van der Waals surface area contributed by atoms with Crippen LogP contribution >= 0.6 is 35.0 Å². The maximum atomic E-state index is 12.3. The molecule has 10 heteroatoms. The molecule has 0 saturated carbocycles. The summed E-state index contributed by atoms with van der Waals surface area (Å²) in [5.74, 6) is 1.15. The minimum atomic E-state index is -3.57. The first-order chi connectivity index (χ1) is 13.6. The van der Waals surface area contributed by atoms with Crippen molar-refractivity contribution >= 4 is 56.8 Å². The van der Waals surface area contributed by atoms with Crippen molar-refractivity contribution in [2.24, 2.45) is 0 Å². The first kappa shape index (κ1) is 23.8. The van der Waals surface area contributed by atoms with E-state index in [4.69, 9.17) is 23.2 Å². The second-order valence-electron chi connectivity index (χ2n) is 6.31. The first-order valence-corrected chi connectivity index (χ1v) is 12.0. The van der Waals surface area contributed by atoms with E-state index in [2.05, 4.69) is 5.32 Å². The summed E-state index contributed by atoms with van der Waals surface area (Å²) in [6.07, 6.45) is 0. The lowest BCUT2D eigenvalue weighted by Crippen LogP contribution is -2.37. The van der Waals surface area contributed by atoms with Crippen LogP contribution < -0.4 is 9.62 Å². The van der Waals surface area contributed by atoms with Crippen LogP contribution in [0.4, 0.5) is 5.69 Å². The Kier molecular flexibility index (Phi) is 8.66. The van der Waals surface area contributed by atoms with Crippen LogP contribution in [-0.2, 0) is 16.0 Å². The summed E-state index contributed by atoms with van der Waals surface area (Å²) < 4.78 is 26.6. The number of rotatable bonds is 9. The number of hydrogen-bond donors (Lipinski definition) is 1. The molecule has 0 aliphatic heterocycles. The van der Waals surface area contributed by atoms with Crippen molar-refractivity contribution < 1.29 is 13.2 Å². The lowest BCUT2D eigenvalue weighted by Gasteiger charge is -2.23. The van der Waals surface area contributed by atoms with Gasteiger partial charge in [0.15, 0.2) is 0 Å². The minimum absolute atomic E-state index is 0.217. The highest BCUT2D eigenvalue weighted by Crippen LogP contribution is 2.28. The van der Waals surface area contributed by atoms with Crippen molar-refractivity contribution in [1.82, 2.24) is 9.62 Å². The highest BCUT2D eigenvalue weighted by Gasteiger charge is 2.21. The Morgan fingerprint density at radius 1 is 1.03 bits per heavy atom. The molecule has 2 aromatic carbocycles. The van der Waals surface area contributed by atoms with Crippen LogP contribution in [0.15, 0.2) is 42.5 Å². The zero-order chi connectivity index (χ0) is 21.6. The molecule has 1 amide bonds. The van der Waals surface area contributed by atoms with Crippen LogP contribution in [0.5, 0.6) is 0 Å². The summed E-state index contributed by atoms with van der Waals surface area (Å²) in [6, 6.07) is 11.8. The molecule has 158 valence electrons. The Bertz CT molecular complexity index is 931. The molecule has 6 nitrogen and oxygen atoms in total. The standard InChI is InChI=1S/C19H23Cl2N3O3S2/c1-23(2)29(26,27)24(3)15-9-7-14(8-10-15)19(25)22-11-12-28-13-16-17(20)5-4-6-18(16)21/h4-10H,11-13H2,1-3H3,(H,22,25). The number of amides is 1. The molecule has 29 heavy (non-hydrogen) atoms. The third kappa shape index (κ3) is 6.26. The van der Waals surface area contributed by atoms with Crippen molar-refractivity contribution in [3.63, 3.8) is 0 Å². The van der Waals surface area contributed by atoms with Gasteiger partial charge in [0, 0.05) is 54.8 Å². The van der Waals surface area contributed by atoms with Gasteiger partial charge in [0.1, 0.15) is 0 Å². The summed E-state index contributed by atoms with van der Waals surface area (Å²) in [4.78, 5) is 12.3. The van der Waals surface area contributed by atoms with Crippen molar-refractivity contribution in [2.45, 2.75) is 5.75 Å². The van der Waals surface area contributed by atoms with Crippen molar-refractivity contribution in [1.29, 1.82) is 0 Å². The molecular formula is C19H23Cl2N3O3S2. The molecule has 0 aromatic heterocycles. The van der Waals surface area contributed by atoms with Gasteiger partial charge in [-0.3, -0.25) is 9.10 Å². The number of nitrogens with one attached hydrogen (secondary N) is 1. The van der Waals surface area contributed by atoms with E-state index < -0.39 is 10.2 Å². The molecule has 0 saturated heterocycles. The van der Waals surface area contributed by atoms with Crippen LogP contribution in [0.2, 0.25) is 10.0 Å². The quantitative estimate of drug-likeness (QED) is 0.558. The Labute approximate surface area is 186 Å². The second kappa shape index (κ2) is 10.5. The zero-order valence-corrected chi connectivity index (χ0v) is 19.5. The molecule has 0 bridgehead atoms. The summed E-state index contributed by atoms with van der Waals surface area (Å²) in [6.45, 7) is 0.488. The highest BCUT2D eigenvalue weighted by atomic mass is 35.5. The Hall–Kier alpha value is -1.45. The molecule has 2 aromatic rings. The van der Waals surface area contributed by atoms with Gasteiger partial charge >= 0.3 is 10.2 Å². The number of thioether (sulfide) groups is 1. The first-order valence-electron chi connectivity index (χ1n) is 8.70. The van der Waals surface area contributed by atoms with Gasteiger partial charge in [-0.05, 0) is 42.0 Å². The van der Waals surface area contributed by atoms with Gasteiger partial charge in [-0.25, -0.2) is 0 Å². The van der Waals surface area contributed by atoms with E-state index in [1.807, 2.05) is 0 Å². The highest BCUT2D eigenvalue weighted by molar-refractivity contribution is 7.98. The average Bonchev–Trinajstić information content (AvgIpc) is 2.69. The lowest BCUT2D eigenvalue weighted by atomic mass is 10.2. The fourth-order valence-corrected chi connectivity index (χ4v) is 4.86. The van der Waals surface area contributed by atoms with Crippen LogP contribution in [0.3, 0.4) is 0 Å². The SMILES string of the molecule is CN(C)S(=O)(=O)N(C)c1ccc(C(=O)NCCSCc2c(Cl)cccc2Cl)cc1. The van der Waals surface area contributed by atoms with Crippen molar-refractivity contribution in [3.05, 3.63) is 63.6 Å². The lowest BCUT2D eigenvalue weighted by molar-refractivity contribution is 0.0956. The molecule has 0 spiro atoms. The van der Waals surface area contributed by atoms with Crippen LogP contribution in [0, 0.1) is 0 Å². The molecule has 2 rings (SSSR count). The van der Waals surface area contributed by atoms with Crippen LogP contribution in [0.1, 0.15) is 15.9 Å². The van der Waals surface area contributed by atoms with E-state index in [0.717, 1.165) is 14.2 Å². The number of nitrogens with zero attached hydrogens (tertiary/aromatic N) is 2. The normalized spacial score (nSPS) is 11.5. The van der Waals surface area contributed by atoms with Crippen molar-refractivity contribution in [2.75, 3.05) is 37.7 Å².